The van der Waals surface area contributed by atoms with Gasteiger partial charge in [0.15, 0.2) is 0 Å². The molecule has 0 amide bonds. The van der Waals surface area contributed by atoms with Crippen LogP contribution < -0.4 is 9.46 Å². The monoisotopic (exact) mass is 419 g/mol. The fraction of sp³-hybridized carbons (Fsp3) is 0.471. The summed E-state index contributed by atoms with van der Waals surface area (Å²) in [7, 11) is -5.42. The first-order valence-corrected chi connectivity index (χ1v) is 10.0. The minimum atomic E-state index is -5.42. The molecule has 28 heavy (non-hydrogen) atoms. The summed E-state index contributed by atoms with van der Waals surface area (Å²) in [5.41, 5.74) is -3.50. The van der Waals surface area contributed by atoms with Crippen LogP contribution in [0.15, 0.2) is 36.7 Å². The number of alkyl halides is 3. The summed E-state index contributed by atoms with van der Waals surface area (Å²) in [6, 6.07) is 6.11. The summed E-state index contributed by atoms with van der Waals surface area (Å²) in [5.74, 6) is -0.0325. The number of nitrogens with one attached hydrogen (secondary N) is 1. The number of aromatic nitrogens is 2. The van der Waals surface area contributed by atoms with Crippen LogP contribution in [0.2, 0.25) is 0 Å². The minimum Gasteiger partial charge on any atom is -0.493 e. The molecular formula is C17H20F3N3O4S. The van der Waals surface area contributed by atoms with E-state index >= 15 is 0 Å². The number of nitrogens with zero attached hydrogens (tertiary/aromatic N) is 2. The van der Waals surface area contributed by atoms with E-state index in [0.29, 0.717) is 5.75 Å². The van der Waals surface area contributed by atoms with Gasteiger partial charge in [0.05, 0.1) is 25.1 Å². The van der Waals surface area contributed by atoms with Gasteiger partial charge in [0.2, 0.25) is 0 Å². The molecule has 2 aromatic rings. The van der Waals surface area contributed by atoms with Crippen molar-refractivity contribution in [2.75, 3.05) is 19.8 Å². The third kappa shape index (κ3) is 4.83. The van der Waals surface area contributed by atoms with Gasteiger partial charge in [0.1, 0.15) is 5.75 Å². The number of hydrogen-bond donors (Lipinski definition) is 1. The lowest BCUT2D eigenvalue weighted by Crippen LogP contribution is -2.50. The molecule has 11 heteroatoms. The fourth-order valence-electron chi connectivity index (χ4n) is 2.83. The van der Waals surface area contributed by atoms with Gasteiger partial charge in [-0.25, -0.2) is 17.8 Å². The molecule has 1 fully saturated rings. The first-order valence-electron chi connectivity index (χ1n) is 8.56. The molecular weight excluding hydrogens is 399 g/mol. The molecule has 154 valence electrons. The molecule has 0 aliphatic carbocycles. The molecule has 2 heterocycles. The minimum absolute atomic E-state index is 0.0191. The summed E-state index contributed by atoms with van der Waals surface area (Å²) in [5, 5.41) is 4.20. The van der Waals surface area contributed by atoms with Crippen LogP contribution >= 0.6 is 0 Å². The molecule has 1 aliphatic rings. The Balaban J connectivity index is 1.62. The number of rotatable bonds is 6. The number of sulfonamides is 1. The Hall–Kier alpha value is -2.11. The zero-order chi connectivity index (χ0) is 20.4. The lowest BCUT2D eigenvalue weighted by molar-refractivity contribution is -0.0467. The van der Waals surface area contributed by atoms with E-state index in [4.69, 9.17) is 9.47 Å². The van der Waals surface area contributed by atoms with Crippen LogP contribution in [0.5, 0.6) is 5.75 Å². The predicted octanol–water partition coefficient (Wildman–Crippen LogP) is 2.40. The summed E-state index contributed by atoms with van der Waals surface area (Å²) in [4.78, 5) is 0. The Morgan fingerprint density at radius 2 is 2.04 bits per heavy atom. The van der Waals surface area contributed by atoms with Crippen molar-refractivity contribution < 1.29 is 31.1 Å². The highest BCUT2D eigenvalue weighted by Gasteiger charge is 2.48. The molecule has 1 N–H and O–H groups in total. The van der Waals surface area contributed by atoms with Gasteiger partial charge in [-0.2, -0.15) is 18.3 Å². The van der Waals surface area contributed by atoms with Crippen LogP contribution in [0.4, 0.5) is 13.2 Å². The van der Waals surface area contributed by atoms with Gasteiger partial charge in [0.25, 0.3) is 0 Å². The Kier molecular flexibility index (Phi) is 5.96. The smallest absolute Gasteiger partial charge is 0.493 e. The van der Waals surface area contributed by atoms with E-state index in [2.05, 4.69) is 5.10 Å². The molecule has 0 unspecified atom stereocenters. The van der Waals surface area contributed by atoms with Gasteiger partial charge in [-0.1, -0.05) is 0 Å². The van der Waals surface area contributed by atoms with Crippen molar-refractivity contribution in [2.45, 2.75) is 24.9 Å². The quantitative estimate of drug-likeness (QED) is 0.778. The van der Waals surface area contributed by atoms with Crippen molar-refractivity contribution in [3.63, 3.8) is 0 Å². The maximum absolute atomic E-state index is 12.6. The average Bonchev–Trinajstić information content (AvgIpc) is 3.07. The molecule has 0 saturated carbocycles. The highest BCUT2D eigenvalue weighted by Crippen LogP contribution is 2.25. The van der Waals surface area contributed by atoms with Gasteiger partial charge >= 0.3 is 15.5 Å². The Morgan fingerprint density at radius 1 is 1.32 bits per heavy atom. The molecule has 1 aromatic carbocycles. The van der Waals surface area contributed by atoms with Crippen molar-refractivity contribution >= 4 is 10.0 Å². The van der Waals surface area contributed by atoms with E-state index in [-0.39, 0.29) is 26.2 Å². The fourth-order valence-corrected chi connectivity index (χ4v) is 3.68. The molecule has 1 aromatic heterocycles. The molecule has 0 bridgehead atoms. The van der Waals surface area contributed by atoms with Crippen molar-refractivity contribution in [1.29, 1.82) is 0 Å². The van der Waals surface area contributed by atoms with Crippen LogP contribution in [0, 0.1) is 12.8 Å². The molecule has 0 spiro atoms. The highest BCUT2D eigenvalue weighted by atomic mass is 32.2. The molecule has 1 saturated heterocycles. The molecule has 0 radical (unpaired) electrons. The molecule has 7 nitrogen and oxygen atoms in total. The number of aryl methyl sites for hydroxylation is 1. The van der Waals surface area contributed by atoms with Gasteiger partial charge in [-0.05, 0) is 43.2 Å². The Labute approximate surface area is 160 Å². The van der Waals surface area contributed by atoms with Crippen molar-refractivity contribution in [1.82, 2.24) is 14.5 Å². The second kappa shape index (κ2) is 8.10. The molecule has 1 aliphatic heterocycles. The van der Waals surface area contributed by atoms with E-state index < -0.39 is 27.5 Å². The second-order valence-corrected chi connectivity index (χ2v) is 8.27. The number of benzene rings is 1. The third-order valence-electron chi connectivity index (χ3n) is 4.36. The normalized spacial score (nSPS) is 20.9. The maximum atomic E-state index is 12.6. The zero-order valence-electron chi connectivity index (χ0n) is 15.0. The van der Waals surface area contributed by atoms with Crippen molar-refractivity contribution in [3.8, 4) is 11.4 Å². The van der Waals surface area contributed by atoms with Crippen LogP contribution in [0.25, 0.3) is 5.69 Å². The second-order valence-electron chi connectivity index (χ2n) is 6.56. The van der Waals surface area contributed by atoms with Gasteiger partial charge < -0.3 is 9.47 Å². The summed E-state index contributed by atoms with van der Waals surface area (Å²) in [6.45, 7) is 2.23. The van der Waals surface area contributed by atoms with E-state index in [1.165, 1.54) is 0 Å². The third-order valence-corrected chi connectivity index (χ3v) is 5.58. The maximum Gasteiger partial charge on any atom is 0.511 e. The predicted molar refractivity (Wildman–Crippen MR) is 94.6 cm³/mol. The lowest BCUT2D eigenvalue weighted by atomic mass is 9.98. The van der Waals surface area contributed by atoms with E-state index in [1.807, 2.05) is 13.1 Å². The van der Waals surface area contributed by atoms with Gasteiger partial charge in [-0.15, -0.1) is 0 Å². The SMILES string of the molecule is Cc1cnn(-c2ccc(OC[C@H]3COCC[C@@H]3NS(=O)(=O)C(F)(F)F)cc2)c1. The first-order chi connectivity index (χ1) is 13.2. The number of ether oxygens (including phenoxy) is 2. The summed E-state index contributed by atoms with van der Waals surface area (Å²) >= 11 is 0. The van der Waals surface area contributed by atoms with Crippen LogP contribution in [-0.4, -0.2) is 49.6 Å². The Morgan fingerprint density at radius 3 is 2.64 bits per heavy atom. The molecule has 2 atom stereocenters. The van der Waals surface area contributed by atoms with Crippen molar-refractivity contribution in [3.05, 3.63) is 42.2 Å². The first kappa shape index (κ1) is 20.6. The largest absolute Gasteiger partial charge is 0.511 e. The number of hydrogen-bond acceptors (Lipinski definition) is 5. The Bertz CT molecular complexity index is 897. The zero-order valence-corrected chi connectivity index (χ0v) is 15.8. The summed E-state index contributed by atoms with van der Waals surface area (Å²) < 4.78 is 75.0. The standard InChI is InChI=1S/C17H20F3N3O4S/c1-12-8-21-23(9-12)14-2-4-15(5-3-14)27-11-13-10-26-7-6-16(13)22-28(24,25)17(18,19)20/h2-5,8-9,13,16,22H,6-7,10-11H2,1H3/t13-,16+/m1/s1. The van der Waals surface area contributed by atoms with Crippen LogP contribution in [0.3, 0.4) is 0 Å². The van der Waals surface area contributed by atoms with E-state index in [9.17, 15) is 21.6 Å². The van der Waals surface area contributed by atoms with E-state index in [1.54, 1.807) is 39.9 Å². The average molecular weight is 419 g/mol. The van der Waals surface area contributed by atoms with Crippen molar-refractivity contribution in [2.24, 2.45) is 5.92 Å². The van der Waals surface area contributed by atoms with Gasteiger partial charge in [-0.3, -0.25) is 0 Å². The number of halogens is 3. The summed E-state index contributed by atoms with van der Waals surface area (Å²) in [6.07, 6.45) is 3.74. The molecule has 3 rings (SSSR count). The van der Waals surface area contributed by atoms with Gasteiger partial charge in [0, 0.05) is 24.8 Å². The van der Waals surface area contributed by atoms with Crippen LogP contribution in [0.1, 0.15) is 12.0 Å². The van der Waals surface area contributed by atoms with Crippen LogP contribution in [-0.2, 0) is 14.8 Å². The van der Waals surface area contributed by atoms with E-state index in [0.717, 1.165) is 11.3 Å². The highest BCUT2D eigenvalue weighted by molar-refractivity contribution is 7.90. The topological polar surface area (TPSA) is 82.4 Å². The lowest BCUT2D eigenvalue weighted by Gasteiger charge is -2.32.